The minimum Gasteiger partial charge on any atom is -0.383 e. The number of ether oxygens (including phenoxy) is 1. The van der Waals surface area contributed by atoms with Gasteiger partial charge in [-0.1, -0.05) is 31.5 Å². The van der Waals surface area contributed by atoms with Crippen LogP contribution in [0.25, 0.3) is 0 Å². The number of nitrogens with zero attached hydrogens (tertiary/aromatic N) is 1. The molecule has 0 saturated heterocycles. The molecular weight excluding hydrogens is 312 g/mol. The molecule has 0 aliphatic rings. The summed E-state index contributed by atoms with van der Waals surface area (Å²) in [6, 6.07) is 5.09. The van der Waals surface area contributed by atoms with Crippen LogP contribution in [0.1, 0.15) is 19.4 Å². The molecule has 1 aromatic rings. The Morgan fingerprint density at radius 1 is 1.33 bits per heavy atom. The molecule has 1 rings (SSSR count). The van der Waals surface area contributed by atoms with E-state index in [1.807, 2.05) is 13.0 Å². The summed E-state index contributed by atoms with van der Waals surface area (Å²) < 4.78 is 31.7. The molecule has 0 bridgehead atoms. The minimum atomic E-state index is -3.61. The first kappa shape index (κ1) is 18.4. The molecule has 7 heteroatoms. The standard InChI is InChI=1S/C14H23ClN2O3S/c1-4-16-11-12-6-7-13(15)14(10-12)21(18,19)17(5-2)8-9-20-3/h6-7,10,16H,4-5,8-9,11H2,1-3H3. The average Bonchev–Trinajstić information content (AvgIpc) is 2.46. The molecule has 5 nitrogen and oxygen atoms in total. The molecule has 21 heavy (non-hydrogen) atoms. The van der Waals surface area contributed by atoms with Gasteiger partial charge in [-0.15, -0.1) is 0 Å². The van der Waals surface area contributed by atoms with Gasteiger partial charge in [0.15, 0.2) is 0 Å². The summed E-state index contributed by atoms with van der Waals surface area (Å²) in [5.41, 5.74) is 0.891. The number of sulfonamides is 1. The van der Waals surface area contributed by atoms with Crippen molar-refractivity contribution in [2.24, 2.45) is 0 Å². The van der Waals surface area contributed by atoms with Crippen LogP contribution < -0.4 is 5.32 Å². The van der Waals surface area contributed by atoms with Crippen LogP contribution >= 0.6 is 11.6 Å². The third-order valence-corrected chi connectivity index (χ3v) is 5.55. The number of likely N-dealkylation sites (N-methyl/N-ethyl adjacent to an activating group) is 1. The van der Waals surface area contributed by atoms with E-state index in [4.69, 9.17) is 16.3 Å². The number of benzene rings is 1. The van der Waals surface area contributed by atoms with Crippen molar-refractivity contribution in [1.29, 1.82) is 0 Å². The monoisotopic (exact) mass is 334 g/mol. The zero-order valence-electron chi connectivity index (χ0n) is 12.7. The van der Waals surface area contributed by atoms with Gasteiger partial charge in [-0.2, -0.15) is 4.31 Å². The number of hydrogen-bond donors (Lipinski definition) is 1. The van der Waals surface area contributed by atoms with Gasteiger partial charge in [0.1, 0.15) is 4.90 Å². The quantitative estimate of drug-likeness (QED) is 0.751. The van der Waals surface area contributed by atoms with Gasteiger partial charge in [-0.3, -0.25) is 0 Å². The van der Waals surface area contributed by atoms with Crippen molar-refractivity contribution in [3.63, 3.8) is 0 Å². The molecule has 0 radical (unpaired) electrons. The van der Waals surface area contributed by atoms with E-state index in [1.54, 1.807) is 26.2 Å². The van der Waals surface area contributed by atoms with Crippen molar-refractivity contribution in [1.82, 2.24) is 9.62 Å². The number of methoxy groups -OCH3 is 1. The van der Waals surface area contributed by atoms with Crippen LogP contribution in [0, 0.1) is 0 Å². The topological polar surface area (TPSA) is 58.6 Å². The predicted octanol–water partition coefficient (Wildman–Crippen LogP) is 2.11. The second kappa shape index (κ2) is 8.70. The summed E-state index contributed by atoms with van der Waals surface area (Å²) in [7, 11) is -2.06. The fraction of sp³-hybridized carbons (Fsp3) is 0.571. The highest BCUT2D eigenvalue weighted by Crippen LogP contribution is 2.25. The summed E-state index contributed by atoms with van der Waals surface area (Å²) >= 11 is 6.09. The highest BCUT2D eigenvalue weighted by molar-refractivity contribution is 7.89. The van der Waals surface area contributed by atoms with Crippen LogP contribution in [0.15, 0.2) is 23.1 Å². The maximum Gasteiger partial charge on any atom is 0.244 e. The minimum absolute atomic E-state index is 0.150. The Morgan fingerprint density at radius 3 is 2.62 bits per heavy atom. The summed E-state index contributed by atoms with van der Waals surface area (Å²) in [5, 5.41) is 3.41. The van der Waals surface area contributed by atoms with E-state index >= 15 is 0 Å². The molecule has 0 atom stereocenters. The predicted molar refractivity (Wildman–Crippen MR) is 85.1 cm³/mol. The van der Waals surface area contributed by atoms with Crippen LogP contribution in [0.5, 0.6) is 0 Å². The Kier molecular flexibility index (Phi) is 7.62. The first-order valence-corrected chi connectivity index (χ1v) is 8.77. The molecule has 0 amide bonds. The molecule has 0 saturated carbocycles. The van der Waals surface area contributed by atoms with Crippen molar-refractivity contribution in [3.05, 3.63) is 28.8 Å². The van der Waals surface area contributed by atoms with Crippen molar-refractivity contribution in [2.75, 3.05) is 33.4 Å². The average molecular weight is 335 g/mol. The summed E-state index contributed by atoms with van der Waals surface area (Å²) in [6.07, 6.45) is 0. The van der Waals surface area contributed by atoms with Gasteiger partial charge < -0.3 is 10.1 Å². The molecule has 0 aliphatic carbocycles. The number of halogens is 1. The van der Waals surface area contributed by atoms with Gasteiger partial charge in [0, 0.05) is 26.7 Å². The normalized spacial score (nSPS) is 12.0. The molecule has 1 aromatic carbocycles. The van der Waals surface area contributed by atoms with Crippen LogP contribution in [0.4, 0.5) is 0 Å². The first-order valence-electron chi connectivity index (χ1n) is 6.95. The molecular formula is C14H23ClN2O3S. The fourth-order valence-corrected chi connectivity index (χ4v) is 3.86. The van der Waals surface area contributed by atoms with Gasteiger partial charge in [0.2, 0.25) is 10.0 Å². The molecule has 0 heterocycles. The SMILES string of the molecule is CCNCc1ccc(Cl)c(S(=O)(=O)N(CC)CCOC)c1. The van der Waals surface area contributed by atoms with E-state index in [0.29, 0.717) is 26.2 Å². The lowest BCUT2D eigenvalue weighted by Crippen LogP contribution is -2.34. The lowest BCUT2D eigenvalue weighted by atomic mass is 10.2. The van der Waals surface area contributed by atoms with E-state index in [-0.39, 0.29) is 9.92 Å². The van der Waals surface area contributed by atoms with Gasteiger partial charge in [-0.05, 0) is 24.2 Å². The largest absolute Gasteiger partial charge is 0.383 e. The Labute approximate surface area is 132 Å². The zero-order valence-corrected chi connectivity index (χ0v) is 14.3. The van der Waals surface area contributed by atoms with Gasteiger partial charge in [0.05, 0.1) is 11.6 Å². The van der Waals surface area contributed by atoms with Crippen molar-refractivity contribution < 1.29 is 13.2 Å². The maximum absolute atomic E-state index is 12.7. The van der Waals surface area contributed by atoms with E-state index < -0.39 is 10.0 Å². The summed E-state index contributed by atoms with van der Waals surface area (Å²) in [4.78, 5) is 0.150. The third kappa shape index (κ3) is 4.93. The third-order valence-electron chi connectivity index (χ3n) is 3.09. The molecule has 1 N–H and O–H groups in total. The van der Waals surface area contributed by atoms with Crippen molar-refractivity contribution in [2.45, 2.75) is 25.3 Å². The van der Waals surface area contributed by atoms with Crippen LogP contribution in [0.3, 0.4) is 0 Å². The number of nitrogens with one attached hydrogen (secondary N) is 1. The van der Waals surface area contributed by atoms with Crippen LogP contribution in [0.2, 0.25) is 5.02 Å². The molecule has 0 unspecified atom stereocenters. The highest BCUT2D eigenvalue weighted by Gasteiger charge is 2.25. The molecule has 0 aliphatic heterocycles. The van der Waals surface area contributed by atoms with Crippen molar-refractivity contribution in [3.8, 4) is 0 Å². The molecule has 0 aromatic heterocycles. The Morgan fingerprint density at radius 2 is 2.05 bits per heavy atom. The Hall–Kier alpha value is -0.660. The molecule has 120 valence electrons. The maximum atomic E-state index is 12.7. The summed E-state index contributed by atoms with van der Waals surface area (Å²) in [6.45, 7) is 6.26. The molecule has 0 spiro atoms. The van der Waals surface area contributed by atoms with Crippen LogP contribution in [-0.4, -0.2) is 46.1 Å². The van der Waals surface area contributed by atoms with Crippen LogP contribution in [-0.2, 0) is 21.3 Å². The summed E-state index contributed by atoms with van der Waals surface area (Å²) in [5.74, 6) is 0. The van der Waals surface area contributed by atoms with Gasteiger partial charge in [0.25, 0.3) is 0 Å². The van der Waals surface area contributed by atoms with Gasteiger partial charge >= 0.3 is 0 Å². The lowest BCUT2D eigenvalue weighted by molar-refractivity contribution is 0.180. The number of hydrogen-bond acceptors (Lipinski definition) is 4. The van der Waals surface area contributed by atoms with Gasteiger partial charge in [-0.25, -0.2) is 8.42 Å². The smallest absolute Gasteiger partial charge is 0.244 e. The van der Waals surface area contributed by atoms with E-state index in [1.165, 1.54) is 4.31 Å². The molecule has 0 fully saturated rings. The Bertz CT molecular complexity index is 549. The Balaban J connectivity index is 3.10. The number of rotatable bonds is 9. The zero-order chi connectivity index (χ0) is 15.9. The highest BCUT2D eigenvalue weighted by atomic mass is 35.5. The first-order chi connectivity index (χ1) is 9.97. The fourth-order valence-electron chi connectivity index (χ4n) is 1.91. The van der Waals surface area contributed by atoms with E-state index in [0.717, 1.165) is 12.1 Å². The second-order valence-corrected chi connectivity index (χ2v) is 6.85. The van der Waals surface area contributed by atoms with E-state index in [2.05, 4.69) is 5.32 Å². The second-order valence-electron chi connectivity index (χ2n) is 4.53. The lowest BCUT2D eigenvalue weighted by Gasteiger charge is -2.21. The van der Waals surface area contributed by atoms with E-state index in [9.17, 15) is 8.42 Å². The van der Waals surface area contributed by atoms with Crippen molar-refractivity contribution >= 4 is 21.6 Å².